The van der Waals surface area contributed by atoms with Crippen molar-refractivity contribution >= 4 is 21.8 Å². The lowest BCUT2D eigenvalue weighted by atomic mass is 10.1. The van der Waals surface area contributed by atoms with Gasteiger partial charge in [-0.25, -0.2) is 17.2 Å². The molecule has 1 fully saturated rings. The molecule has 0 aliphatic carbocycles. The number of piperazine rings is 1. The van der Waals surface area contributed by atoms with Crippen molar-refractivity contribution in [3.63, 3.8) is 0 Å². The monoisotopic (exact) mass is 437 g/mol. The van der Waals surface area contributed by atoms with Crippen molar-refractivity contribution in [1.29, 1.82) is 0 Å². The van der Waals surface area contributed by atoms with Crippen LogP contribution in [0.1, 0.15) is 5.56 Å². The van der Waals surface area contributed by atoms with Gasteiger partial charge in [0.25, 0.3) is 0 Å². The maximum Gasteiger partial charge on any atom is 0.246 e. The Kier molecular flexibility index (Phi) is 6.78. The van der Waals surface area contributed by atoms with E-state index in [1.807, 2.05) is 30.3 Å². The molecule has 2 aromatic rings. The van der Waals surface area contributed by atoms with Crippen molar-refractivity contribution in [3.05, 3.63) is 65.7 Å². The van der Waals surface area contributed by atoms with Crippen molar-refractivity contribution in [2.75, 3.05) is 32.7 Å². The fraction of sp³-hybridized carbons (Fsp3) is 0.300. The molecule has 0 spiro atoms. The Morgan fingerprint density at radius 1 is 0.967 bits per heavy atom. The van der Waals surface area contributed by atoms with E-state index in [1.165, 1.54) is 4.90 Å². The van der Waals surface area contributed by atoms with Crippen molar-refractivity contribution in [2.45, 2.75) is 11.3 Å². The molecule has 0 bridgehead atoms. The summed E-state index contributed by atoms with van der Waals surface area (Å²) in [6, 6.07) is 11.4. The first kappa shape index (κ1) is 21.8. The lowest BCUT2D eigenvalue weighted by molar-refractivity contribution is -0.133. The molecule has 0 atom stereocenters. The van der Waals surface area contributed by atoms with Gasteiger partial charge < -0.3 is 10.2 Å². The number of nitrogens with zero attached hydrogens (tertiary/aromatic N) is 2. The smallest absolute Gasteiger partial charge is 0.246 e. The molecule has 1 aliphatic heterocycles. The van der Waals surface area contributed by atoms with Gasteiger partial charge in [0.1, 0.15) is 16.5 Å². The molecule has 1 N–H and O–H groups in total. The lowest BCUT2D eigenvalue weighted by Gasteiger charge is -2.34. The van der Waals surface area contributed by atoms with E-state index in [-0.39, 0.29) is 51.0 Å². The molecule has 1 heterocycles. The van der Waals surface area contributed by atoms with Gasteiger partial charge >= 0.3 is 0 Å². The number of hydrogen-bond donors (Lipinski definition) is 1. The zero-order valence-electron chi connectivity index (χ0n) is 16.1. The van der Waals surface area contributed by atoms with Gasteiger partial charge in [0.15, 0.2) is 0 Å². The molecule has 160 valence electrons. The molecule has 3 rings (SSSR count). The summed E-state index contributed by atoms with van der Waals surface area (Å²) in [6.07, 6.45) is 0.156. The van der Waals surface area contributed by atoms with Crippen LogP contribution in [0, 0.1) is 11.6 Å². The number of nitrogens with one attached hydrogen (secondary N) is 1. The van der Waals surface area contributed by atoms with E-state index in [9.17, 15) is 26.8 Å². The highest BCUT2D eigenvalue weighted by molar-refractivity contribution is 7.89. The minimum Gasteiger partial charge on any atom is -0.347 e. The summed E-state index contributed by atoms with van der Waals surface area (Å²) in [4.78, 5) is 25.1. The molecule has 2 aromatic carbocycles. The molecule has 1 aliphatic rings. The summed E-state index contributed by atoms with van der Waals surface area (Å²) in [5.74, 6) is -2.64. The molecule has 7 nitrogen and oxygen atoms in total. The molecule has 0 aromatic heterocycles. The maximum absolute atomic E-state index is 13.9. The summed E-state index contributed by atoms with van der Waals surface area (Å²) < 4.78 is 53.2. The number of carbonyl (C=O) groups is 2. The van der Waals surface area contributed by atoms with Gasteiger partial charge in [-0.2, -0.15) is 4.31 Å². The van der Waals surface area contributed by atoms with E-state index < -0.39 is 26.6 Å². The first-order valence-electron chi connectivity index (χ1n) is 9.31. The zero-order valence-corrected chi connectivity index (χ0v) is 16.9. The zero-order chi connectivity index (χ0) is 21.7. The minimum atomic E-state index is -4.13. The second-order valence-corrected chi connectivity index (χ2v) is 8.71. The first-order chi connectivity index (χ1) is 14.3. The van der Waals surface area contributed by atoms with Crippen LogP contribution in [0.15, 0.2) is 53.4 Å². The van der Waals surface area contributed by atoms with E-state index in [0.717, 1.165) is 22.0 Å². The van der Waals surface area contributed by atoms with Gasteiger partial charge in [0, 0.05) is 32.2 Å². The highest BCUT2D eigenvalue weighted by Gasteiger charge is 2.32. The number of sulfonamides is 1. The van der Waals surface area contributed by atoms with Crippen molar-refractivity contribution in [3.8, 4) is 0 Å². The summed E-state index contributed by atoms with van der Waals surface area (Å²) >= 11 is 0. The molecule has 0 saturated carbocycles. The minimum absolute atomic E-state index is 0.0249. The Morgan fingerprint density at radius 3 is 2.27 bits per heavy atom. The Morgan fingerprint density at radius 2 is 1.63 bits per heavy atom. The highest BCUT2D eigenvalue weighted by Crippen LogP contribution is 2.21. The van der Waals surface area contributed by atoms with Crippen LogP contribution in [-0.4, -0.2) is 62.2 Å². The Labute approximate surface area is 173 Å². The van der Waals surface area contributed by atoms with Crippen LogP contribution in [-0.2, 0) is 26.0 Å². The third-order valence-electron chi connectivity index (χ3n) is 4.75. The van der Waals surface area contributed by atoms with Gasteiger partial charge in [-0.3, -0.25) is 9.59 Å². The van der Waals surface area contributed by atoms with Gasteiger partial charge in [-0.1, -0.05) is 30.3 Å². The number of amides is 2. The lowest BCUT2D eigenvalue weighted by Crippen LogP contribution is -2.52. The largest absolute Gasteiger partial charge is 0.347 e. The standard InChI is InChI=1S/C20H21F2N3O4S/c21-16-6-7-18(17(22)13-16)30(28,29)25-10-8-24(9-11-25)20(27)14-23-19(26)12-15-4-2-1-3-5-15/h1-7,13H,8-12,14H2,(H,23,26). The molecular weight excluding hydrogens is 416 g/mol. The van der Waals surface area contributed by atoms with Crippen LogP contribution >= 0.6 is 0 Å². The Hall–Kier alpha value is -2.85. The van der Waals surface area contributed by atoms with Crippen LogP contribution in [0.25, 0.3) is 0 Å². The number of halogens is 2. The predicted octanol–water partition coefficient (Wildman–Crippen LogP) is 1.16. The average Bonchev–Trinajstić information content (AvgIpc) is 2.72. The van der Waals surface area contributed by atoms with Crippen LogP contribution in [0.4, 0.5) is 8.78 Å². The van der Waals surface area contributed by atoms with Crippen LogP contribution in [0.3, 0.4) is 0 Å². The van der Waals surface area contributed by atoms with Crippen LogP contribution in [0.5, 0.6) is 0 Å². The fourth-order valence-electron chi connectivity index (χ4n) is 3.13. The molecular formula is C20H21F2N3O4S. The summed E-state index contributed by atoms with van der Waals surface area (Å²) in [7, 11) is -4.13. The second-order valence-electron chi connectivity index (χ2n) is 6.80. The number of hydrogen-bond acceptors (Lipinski definition) is 4. The molecule has 10 heteroatoms. The number of benzene rings is 2. The summed E-state index contributed by atoms with van der Waals surface area (Å²) in [5, 5.41) is 2.56. The molecule has 30 heavy (non-hydrogen) atoms. The summed E-state index contributed by atoms with van der Waals surface area (Å²) in [6.45, 7) is -0.0262. The highest BCUT2D eigenvalue weighted by atomic mass is 32.2. The van der Waals surface area contributed by atoms with E-state index in [0.29, 0.717) is 6.07 Å². The quantitative estimate of drug-likeness (QED) is 0.735. The van der Waals surface area contributed by atoms with Crippen LogP contribution in [0.2, 0.25) is 0 Å². The van der Waals surface area contributed by atoms with Crippen molar-refractivity contribution in [2.24, 2.45) is 0 Å². The van der Waals surface area contributed by atoms with Crippen molar-refractivity contribution < 1.29 is 26.8 Å². The van der Waals surface area contributed by atoms with Gasteiger partial charge in [0.05, 0.1) is 13.0 Å². The van der Waals surface area contributed by atoms with E-state index in [2.05, 4.69) is 5.32 Å². The Bertz CT molecular complexity index is 1020. The van der Waals surface area contributed by atoms with E-state index in [1.54, 1.807) is 0 Å². The molecule has 1 saturated heterocycles. The predicted molar refractivity (Wildman–Crippen MR) is 105 cm³/mol. The van der Waals surface area contributed by atoms with E-state index >= 15 is 0 Å². The SMILES string of the molecule is O=C(Cc1ccccc1)NCC(=O)N1CCN(S(=O)(=O)c2ccc(F)cc2F)CC1. The van der Waals surface area contributed by atoms with Gasteiger partial charge in [0.2, 0.25) is 21.8 Å². The first-order valence-corrected chi connectivity index (χ1v) is 10.7. The number of carbonyl (C=O) groups excluding carboxylic acids is 2. The Balaban J connectivity index is 1.51. The van der Waals surface area contributed by atoms with Gasteiger partial charge in [-0.05, 0) is 17.7 Å². The fourth-order valence-corrected chi connectivity index (χ4v) is 4.60. The average molecular weight is 437 g/mol. The number of rotatable bonds is 6. The van der Waals surface area contributed by atoms with E-state index in [4.69, 9.17) is 0 Å². The molecule has 0 unspecified atom stereocenters. The topological polar surface area (TPSA) is 86.8 Å². The van der Waals surface area contributed by atoms with Crippen LogP contribution < -0.4 is 5.32 Å². The van der Waals surface area contributed by atoms with Gasteiger partial charge in [-0.15, -0.1) is 0 Å². The summed E-state index contributed by atoms with van der Waals surface area (Å²) in [5.41, 5.74) is 0.828. The third kappa shape index (κ3) is 5.19. The maximum atomic E-state index is 13.9. The molecule has 0 radical (unpaired) electrons. The van der Waals surface area contributed by atoms with Crippen molar-refractivity contribution in [1.82, 2.24) is 14.5 Å². The molecule has 2 amide bonds. The third-order valence-corrected chi connectivity index (χ3v) is 6.68. The second kappa shape index (κ2) is 9.31. The normalized spacial score (nSPS) is 15.1.